The van der Waals surface area contributed by atoms with Crippen LogP contribution in [0, 0.1) is 12.8 Å². The number of benzene rings is 1. The minimum atomic E-state index is -0.748. The Morgan fingerprint density at radius 3 is 2.75 bits per heavy atom. The minimum Gasteiger partial charge on any atom is -0.388 e. The lowest BCUT2D eigenvalue weighted by atomic mass is 9.79. The molecule has 2 atom stereocenters. The molecule has 3 N–H and O–H groups in total. The number of hydrogen-bond acceptors (Lipinski definition) is 2. The molecule has 1 aromatic rings. The van der Waals surface area contributed by atoms with E-state index in [1.807, 2.05) is 31.2 Å². The van der Waals surface area contributed by atoms with Crippen LogP contribution in [0.1, 0.15) is 38.2 Å². The summed E-state index contributed by atoms with van der Waals surface area (Å²) in [6.45, 7) is 4.47. The van der Waals surface area contributed by atoms with Gasteiger partial charge in [-0.3, -0.25) is 0 Å². The molecule has 1 fully saturated rings. The number of nitrogens with one attached hydrogen (secondary N) is 2. The van der Waals surface area contributed by atoms with Gasteiger partial charge in [-0.1, -0.05) is 37.5 Å². The second-order valence-corrected chi connectivity index (χ2v) is 6.10. The molecule has 0 aliphatic heterocycles. The van der Waals surface area contributed by atoms with Gasteiger partial charge in [0.25, 0.3) is 0 Å². The van der Waals surface area contributed by atoms with Gasteiger partial charge in [-0.25, -0.2) is 4.79 Å². The topological polar surface area (TPSA) is 61.4 Å². The Bertz CT molecular complexity index is 458. The summed E-state index contributed by atoms with van der Waals surface area (Å²) in [6, 6.07) is 7.37. The lowest BCUT2D eigenvalue weighted by molar-refractivity contribution is -0.00920. The van der Waals surface area contributed by atoms with Gasteiger partial charge in [-0.05, 0) is 37.8 Å². The fourth-order valence-corrected chi connectivity index (χ4v) is 2.85. The highest BCUT2D eigenvalue weighted by Gasteiger charge is 2.32. The van der Waals surface area contributed by atoms with E-state index < -0.39 is 5.60 Å². The number of urea groups is 1. The van der Waals surface area contributed by atoms with Crippen LogP contribution < -0.4 is 10.6 Å². The maximum absolute atomic E-state index is 11.8. The summed E-state index contributed by atoms with van der Waals surface area (Å²) >= 11 is 0. The average Bonchev–Trinajstić information content (AvgIpc) is 2.39. The van der Waals surface area contributed by atoms with Crippen LogP contribution in [-0.2, 0) is 0 Å². The van der Waals surface area contributed by atoms with Crippen molar-refractivity contribution in [3.63, 3.8) is 0 Å². The van der Waals surface area contributed by atoms with E-state index >= 15 is 0 Å². The van der Waals surface area contributed by atoms with Crippen molar-refractivity contribution < 1.29 is 9.90 Å². The van der Waals surface area contributed by atoms with Crippen molar-refractivity contribution >= 4 is 11.7 Å². The molecule has 110 valence electrons. The predicted octanol–water partition coefficient (Wildman–Crippen LogP) is 3.06. The van der Waals surface area contributed by atoms with Crippen molar-refractivity contribution in [3.05, 3.63) is 29.8 Å². The van der Waals surface area contributed by atoms with Crippen LogP contribution in [0.25, 0.3) is 0 Å². The summed E-state index contributed by atoms with van der Waals surface area (Å²) in [7, 11) is 0. The van der Waals surface area contributed by atoms with Crippen LogP contribution in [0.15, 0.2) is 24.3 Å². The lowest BCUT2D eigenvalue weighted by Gasteiger charge is -2.35. The molecule has 1 aromatic carbocycles. The molecule has 0 heterocycles. The Balaban J connectivity index is 1.81. The zero-order valence-corrected chi connectivity index (χ0v) is 12.3. The van der Waals surface area contributed by atoms with Crippen LogP contribution in [0.5, 0.6) is 0 Å². The Hall–Kier alpha value is -1.55. The van der Waals surface area contributed by atoms with Crippen molar-refractivity contribution in [2.75, 3.05) is 11.9 Å². The summed E-state index contributed by atoms with van der Waals surface area (Å²) in [5.41, 5.74) is 1.17. The molecule has 0 bridgehead atoms. The number of anilines is 1. The van der Waals surface area contributed by atoms with Crippen molar-refractivity contribution in [2.45, 2.75) is 45.1 Å². The maximum atomic E-state index is 11.8. The number of hydrogen-bond donors (Lipinski definition) is 3. The molecule has 0 aromatic heterocycles. The van der Waals surface area contributed by atoms with Crippen molar-refractivity contribution in [1.29, 1.82) is 0 Å². The number of rotatable bonds is 3. The molecular formula is C16H24N2O2. The highest BCUT2D eigenvalue weighted by molar-refractivity contribution is 5.89. The summed E-state index contributed by atoms with van der Waals surface area (Å²) < 4.78 is 0. The summed E-state index contributed by atoms with van der Waals surface area (Å²) in [5.74, 6) is 0.524. The van der Waals surface area contributed by atoms with Crippen LogP contribution in [0.4, 0.5) is 10.5 Å². The zero-order chi connectivity index (χ0) is 14.6. The number of carbonyl (C=O) groups excluding carboxylic acids is 1. The van der Waals surface area contributed by atoms with E-state index in [4.69, 9.17) is 0 Å². The third-order valence-corrected chi connectivity index (χ3v) is 3.95. The summed E-state index contributed by atoms with van der Waals surface area (Å²) in [5, 5.41) is 16.0. The van der Waals surface area contributed by atoms with Gasteiger partial charge in [0.15, 0.2) is 0 Å². The Labute approximate surface area is 120 Å². The van der Waals surface area contributed by atoms with Crippen molar-refractivity contribution in [1.82, 2.24) is 5.32 Å². The van der Waals surface area contributed by atoms with Gasteiger partial charge in [0.05, 0.1) is 5.60 Å². The smallest absolute Gasteiger partial charge is 0.319 e. The van der Waals surface area contributed by atoms with Gasteiger partial charge in [-0.2, -0.15) is 0 Å². The average molecular weight is 276 g/mol. The third kappa shape index (κ3) is 4.23. The van der Waals surface area contributed by atoms with Gasteiger partial charge >= 0.3 is 6.03 Å². The first-order valence-electron chi connectivity index (χ1n) is 7.31. The second kappa shape index (κ2) is 6.27. The standard InChI is InChI=1S/C16H24N2O2/c1-12-5-7-14(8-6-12)18-15(19)17-11-16(20)9-3-4-13(2)10-16/h5-8,13,20H,3-4,9-11H2,1-2H3,(H2,17,18,19). The van der Waals surface area contributed by atoms with Gasteiger partial charge in [0, 0.05) is 12.2 Å². The molecule has 4 nitrogen and oxygen atoms in total. The molecule has 0 saturated heterocycles. The molecule has 1 aliphatic carbocycles. The first-order valence-corrected chi connectivity index (χ1v) is 7.31. The summed E-state index contributed by atoms with van der Waals surface area (Å²) in [4.78, 5) is 11.8. The molecule has 1 aliphatic rings. The second-order valence-electron chi connectivity index (χ2n) is 6.10. The number of aryl methyl sites for hydroxylation is 1. The Kier molecular flexibility index (Phi) is 4.65. The van der Waals surface area contributed by atoms with Crippen LogP contribution in [0.3, 0.4) is 0 Å². The molecule has 20 heavy (non-hydrogen) atoms. The molecule has 0 radical (unpaired) electrons. The Morgan fingerprint density at radius 1 is 1.40 bits per heavy atom. The third-order valence-electron chi connectivity index (χ3n) is 3.95. The van der Waals surface area contributed by atoms with Crippen LogP contribution >= 0.6 is 0 Å². The van der Waals surface area contributed by atoms with Gasteiger partial charge in [0.2, 0.25) is 0 Å². The Morgan fingerprint density at radius 2 is 2.10 bits per heavy atom. The normalized spacial score (nSPS) is 26.1. The van der Waals surface area contributed by atoms with Crippen LogP contribution in [0.2, 0.25) is 0 Å². The molecule has 2 rings (SSSR count). The predicted molar refractivity (Wildman–Crippen MR) is 80.8 cm³/mol. The highest BCUT2D eigenvalue weighted by Crippen LogP contribution is 2.31. The molecule has 2 amide bonds. The van der Waals surface area contributed by atoms with E-state index in [1.165, 1.54) is 0 Å². The fraction of sp³-hybridized carbons (Fsp3) is 0.562. The van der Waals surface area contributed by atoms with E-state index in [-0.39, 0.29) is 6.03 Å². The zero-order valence-electron chi connectivity index (χ0n) is 12.3. The molecule has 4 heteroatoms. The highest BCUT2D eigenvalue weighted by atomic mass is 16.3. The van der Waals surface area contributed by atoms with Gasteiger partial charge in [0.1, 0.15) is 0 Å². The maximum Gasteiger partial charge on any atom is 0.319 e. The molecule has 0 spiro atoms. The van der Waals surface area contributed by atoms with E-state index in [1.54, 1.807) is 0 Å². The monoisotopic (exact) mass is 276 g/mol. The first-order chi connectivity index (χ1) is 9.47. The number of amides is 2. The number of carbonyl (C=O) groups is 1. The van der Waals surface area contributed by atoms with E-state index in [0.29, 0.717) is 12.5 Å². The molecule has 1 saturated carbocycles. The largest absolute Gasteiger partial charge is 0.388 e. The molecular weight excluding hydrogens is 252 g/mol. The number of aliphatic hydroxyl groups is 1. The quantitative estimate of drug-likeness (QED) is 0.794. The SMILES string of the molecule is Cc1ccc(NC(=O)NCC2(O)CCCC(C)C2)cc1. The minimum absolute atomic E-state index is 0.263. The van der Waals surface area contributed by atoms with Crippen molar-refractivity contribution in [3.8, 4) is 0 Å². The van der Waals surface area contributed by atoms with Crippen LogP contribution in [-0.4, -0.2) is 23.3 Å². The van der Waals surface area contributed by atoms with Crippen molar-refractivity contribution in [2.24, 2.45) is 5.92 Å². The van der Waals surface area contributed by atoms with E-state index in [9.17, 15) is 9.90 Å². The van der Waals surface area contributed by atoms with Gasteiger partial charge in [-0.15, -0.1) is 0 Å². The summed E-state index contributed by atoms with van der Waals surface area (Å²) in [6.07, 6.45) is 3.72. The first kappa shape index (κ1) is 14.9. The van der Waals surface area contributed by atoms with E-state index in [0.717, 1.165) is 36.9 Å². The lowest BCUT2D eigenvalue weighted by Crippen LogP contribution is -2.46. The molecule has 2 unspecified atom stereocenters. The van der Waals surface area contributed by atoms with Gasteiger partial charge < -0.3 is 15.7 Å². The van der Waals surface area contributed by atoms with E-state index in [2.05, 4.69) is 17.6 Å². The fourth-order valence-electron chi connectivity index (χ4n) is 2.85.